The van der Waals surface area contributed by atoms with Gasteiger partial charge in [-0.3, -0.25) is 0 Å². The van der Waals surface area contributed by atoms with Crippen LogP contribution in [0.15, 0.2) is 24.3 Å². The van der Waals surface area contributed by atoms with Crippen LogP contribution in [-0.2, 0) is 12.0 Å². The number of hydrogen-bond acceptors (Lipinski definition) is 1. The molecule has 2 atom stereocenters. The van der Waals surface area contributed by atoms with E-state index in [-0.39, 0.29) is 5.41 Å². The normalized spacial score (nSPS) is 27.6. The van der Waals surface area contributed by atoms with E-state index in [1.165, 1.54) is 30.4 Å². The molecule has 0 aliphatic heterocycles. The maximum absolute atomic E-state index is 3.76. The molecule has 1 N–H and O–H groups in total. The van der Waals surface area contributed by atoms with Gasteiger partial charge in [-0.05, 0) is 47.6 Å². The molecule has 2 rings (SSSR count). The second-order valence-corrected chi connectivity index (χ2v) is 7.94. The van der Waals surface area contributed by atoms with Gasteiger partial charge < -0.3 is 5.32 Å². The molecule has 1 aliphatic carbocycles. The van der Waals surface area contributed by atoms with Crippen molar-refractivity contribution >= 4 is 0 Å². The van der Waals surface area contributed by atoms with Crippen LogP contribution in [0.5, 0.6) is 0 Å². The lowest BCUT2D eigenvalue weighted by molar-refractivity contribution is 0.238. The molecule has 2 unspecified atom stereocenters. The van der Waals surface area contributed by atoms with E-state index in [1.54, 1.807) is 0 Å². The third kappa shape index (κ3) is 4.34. The van der Waals surface area contributed by atoms with E-state index in [0.29, 0.717) is 6.04 Å². The molecule has 0 spiro atoms. The number of benzene rings is 1. The van der Waals surface area contributed by atoms with E-state index in [2.05, 4.69) is 64.2 Å². The Kier molecular flexibility index (Phi) is 4.90. The van der Waals surface area contributed by atoms with Gasteiger partial charge in [0.2, 0.25) is 0 Å². The Morgan fingerprint density at radius 2 is 1.50 bits per heavy atom. The highest BCUT2D eigenvalue weighted by Crippen LogP contribution is 2.28. The van der Waals surface area contributed by atoms with Crippen molar-refractivity contribution in [3.05, 3.63) is 35.4 Å². The van der Waals surface area contributed by atoms with Gasteiger partial charge in [0.15, 0.2) is 0 Å². The Morgan fingerprint density at radius 1 is 0.950 bits per heavy atom. The van der Waals surface area contributed by atoms with Crippen molar-refractivity contribution < 1.29 is 0 Å². The van der Waals surface area contributed by atoms with E-state index >= 15 is 0 Å². The second kappa shape index (κ2) is 6.30. The third-order valence-electron chi connectivity index (χ3n) is 4.59. The standard InChI is InChI=1S/C19H31N/c1-14-10-15(2)12-18(11-14)20-13-16-6-8-17(9-7-16)19(3,4)5/h6-9,14-15,18,20H,10-13H2,1-5H3. The van der Waals surface area contributed by atoms with Crippen LogP contribution in [0.2, 0.25) is 0 Å². The van der Waals surface area contributed by atoms with Gasteiger partial charge in [-0.15, -0.1) is 0 Å². The van der Waals surface area contributed by atoms with Crippen LogP contribution >= 0.6 is 0 Å². The van der Waals surface area contributed by atoms with Crippen LogP contribution in [0.3, 0.4) is 0 Å². The summed E-state index contributed by atoms with van der Waals surface area (Å²) in [4.78, 5) is 0. The maximum Gasteiger partial charge on any atom is 0.0208 e. The average Bonchev–Trinajstić information content (AvgIpc) is 2.35. The fourth-order valence-electron chi connectivity index (χ4n) is 3.50. The van der Waals surface area contributed by atoms with Gasteiger partial charge in [-0.2, -0.15) is 0 Å². The Balaban J connectivity index is 1.88. The highest BCUT2D eigenvalue weighted by Gasteiger charge is 2.23. The van der Waals surface area contributed by atoms with Gasteiger partial charge in [0.05, 0.1) is 0 Å². The molecule has 112 valence electrons. The minimum atomic E-state index is 0.250. The molecule has 1 heteroatoms. The molecule has 0 heterocycles. The molecule has 1 aliphatic rings. The van der Waals surface area contributed by atoms with Gasteiger partial charge in [0.25, 0.3) is 0 Å². The topological polar surface area (TPSA) is 12.0 Å². The smallest absolute Gasteiger partial charge is 0.0208 e. The number of nitrogens with one attached hydrogen (secondary N) is 1. The quantitative estimate of drug-likeness (QED) is 0.826. The summed E-state index contributed by atoms with van der Waals surface area (Å²) < 4.78 is 0. The molecule has 1 aromatic rings. The molecular weight excluding hydrogens is 242 g/mol. The molecule has 1 nitrogen and oxygen atoms in total. The van der Waals surface area contributed by atoms with Gasteiger partial charge >= 0.3 is 0 Å². The first-order valence-electron chi connectivity index (χ1n) is 8.17. The average molecular weight is 273 g/mol. The minimum Gasteiger partial charge on any atom is -0.310 e. The summed E-state index contributed by atoms with van der Waals surface area (Å²) in [5.74, 6) is 1.75. The lowest BCUT2D eigenvalue weighted by atomic mass is 9.80. The Morgan fingerprint density at radius 3 is 2.00 bits per heavy atom. The molecule has 1 saturated carbocycles. The van der Waals surface area contributed by atoms with Crippen molar-refractivity contribution in [2.45, 2.75) is 71.9 Å². The fourth-order valence-corrected chi connectivity index (χ4v) is 3.50. The maximum atomic E-state index is 3.76. The van der Waals surface area contributed by atoms with Crippen molar-refractivity contribution in [1.29, 1.82) is 0 Å². The first-order chi connectivity index (χ1) is 9.34. The SMILES string of the molecule is CC1CC(C)CC(NCc2ccc(C(C)(C)C)cc2)C1. The van der Waals surface area contributed by atoms with Crippen molar-refractivity contribution in [3.63, 3.8) is 0 Å². The zero-order valence-electron chi connectivity index (χ0n) is 13.9. The molecule has 0 amide bonds. The summed E-state index contributed by atoms with van der Waals surface area (Å²) in [7, 11) is 0. The molecular formula is C19H31N. The highest BCUT2D eigenvalue weighted by molar-refractivity contribution is 5.27. The molecule has 20 heavy (non-hydrogen) atoms. The fraction of sp³-hybridized carbons (Fsp3) is 0.684. The largest absolute Gasteiger partial charge is 0.310 e. The van der Waals surface area contributed by atoms with Gasteiger partial charge in [0, 0.05) is 12.6 Å². The van der Waals surface area contributed by atoms with Gasteiger partial charge in [-0.25, -0.2) is 0 Å². The van der Waals surface area contributed by atoms with Crippen molar-refractivity contribution in [1.82, 2.24) is 5.32 Å². The summed E-state index contributed by atoms with van der Waals surface area (Å²) >= 11 is 0. The molecule has 0 bridgehead atoms. The van der Waals surface area contributed by atoms with Crippen molar-refractivity contribution in [2.24, 2.45) is 11.8 Å². The summed E-state index contributed by atoms with van der Waals surface area (Å²) in [5, 5.41) is 3.76. The van der Waals surface area contributed by atoms with Crippen molar-refractivity contribution in [3.8, 4) is 0 Å². The lowest BCUT2D eigenvalue weighted by Gasteiger charge is -2.32. The zero-order valence-corrected chi connectivity index (χ0v) is 13.9. The number of hydrogen-bond donors (Lipinski definition) is 1. The number of rotatable bonds is 3. The first kappa shape index (κ1) is 15.6. The Hall–Kier alpha value is -0.820. The van der Waals surface area contributed by atoms with E-state index in [9.17, 15) is 0 Å². The van der Waals surface area contributed by atoms with E-state index in [4.69, 9.17) is 0 Å². The minimum absolute atomic E-state index is 0.250. The van der Waals surface area contributed by atoms with Crippen LogP contribution in [0.25, 0.3) is 0 Å². The monoisotopic (exact) mass is 273 g/mol. The summed E-state index contributed by atoms with van der Waals surface area (Å²) in [6.45, 7) is 12.6. The summed E-state index contributed by atoms with van der Waals surface area (Å²) in [5.41, 5.74) is 3.07. The predicted molar refractivity (Wildman–Crippen MR) is 87.9 cm³/mol. The van der Waals surface area contributed by atoms with E-state index in [1.807, 2.05) is 0 Å². The van der Waals surface area contributed by atoms with Crippen molar-refractivity contribution in [2.75, 3.05) is 0 Å². The zero-order chi connectivity index (χ0) is 14.8. The van der Waals surface area contributed by atoms with E-state index < -0.39 is 0 Å². The van der Waals surface area contributed by atoms with Crippen LogP contribution in [0, 0.1) is 11.8 Å². The predicted octanol–water partition coefficient (Wildman–Crippen LogP) is 4.90. The van der Waals surface area contributed by atoms with Gasteiger partial charge in [-0.1, -0.05) is 58.9 Å². The summed E-state index contributed by atoms with van der Waals surface area (Å²) in [6, 6.07) is 9.83. The molecule has 0 aromatic heterocycles. The van der Waals surface area contributed by atoms with Crippen LogP contribution in [0.1, 0.15) is 65.0 Å². The Bertz CT molecular complexity index is 402. The molecule has 1 aromatic carbocycles. The van der Waals surface area contributed by atoms with Crippen LogP contribution in [0.4, 0.5) is 0 Å². The second-order valence-electron chi connectivity index (χ2n) is 7.94. The van der Waals surface area contributed by atoms with Gasteiger partial charge in [0.1, 0.15) is 0 Å². The third-order valence-corrected chi connectivity index (χ3v) is 4.59. The molecule has 0 saturated heterocycles. The molecule has 1 fully saturated rings. The van der Waals surface area contributed by atoms with Crippen LogP contribution in [-0.4, -0.2) is 6.04 Å². The van der Waals surface area contributed by atoms with E-state index in [0.717, 1.165) is 18.4 Å². The first-order valence-corrected chi connectivity index (χ1v) is 8.17. The highest BCUT2D eigenvalue weighted by atomic mass is 14.9. The summed E-state index contributed by atoms with van der Waals surface area (Å²) in [6.07, 6.45) is 4.08. The lowest BCUT2D eigenvalue weighted by Crippen LogP contribution is -2.35. The Labute approximate surface area is 125 Å². The van der Waals surface area contributed by atoms with Crippen LogP contribution < -0.4 is 5.32 Å². The molecule has 0 radical (unpaired) electrons.